The highest BCUT2D eigenvalue weighted by Gasteiger charge is 2.24. The van der Waals surface area contributed by atoms with Gasteiger partial charge >= 0.3 is 0 Å². The largest absolute Gasteiger partial charge is 0.302 e. The van der Waals surface area contributed by atoms with Crippen LogP contribution in [-0.4, -0.2) is 34.7 Å². The SMILES string of the molecule is c1ccc(CCN2CC[C@@H](c3ccn[nH]3)C2)cc1. The minimum absolute atomic E-state index is 0.642. The molecule has 1 aliphatic rings. The Hall–Kier alpha value is -1.61. The second-order valence-corrected chi connectivity index (χ2v) is 5.03. The molecule has 0 radical (unpaired) electrons. The summed E-state index contributed by atoms with van der Waals surface area (Å²) in [6.45, 7) is 3.53. The van der Waals surface area contributed by atoms with Crippen LogP contribution in [0.3, 0.4) is 0 Å². The van der Waals surface area contributed by atoms with Crippen molar-refractivity contribution >= 4 is 0 Å². The molecular weight excluding hydrogens is 222 g/mol. The topological polar surface area (TPSA) is 31.9 Å². The van der Waals surface area contributed by atoms with Gasteiger partial charge in [-0.05, 0) is 31.0 Å². The first kappa shape index (κ1) is 11.5. The Balaban J connectivity index is 1.51. The van der Waals surface area contributed by atoms with Crippen molar-refractivity contribution in [3.8, 4) is 0 Å². The summed E-state index contributed by atoms with van der Waals surface area (Å²) in [6, 6.07) is 12.8. The number of aromatic nitrogens is 2. The van der Waals surface area contributed by atoms with Gasteiger partial charge in [0.15, 0.2) is 0 Å². The predicted octanol–water partition coefficient (Wildman–Crippen LogP) is 2.44. The first-order valence-electron chi connectivity index (χ1n) is 6.67. The molecule has 1 N–H and O–H groups in total. The zero-order chi connectivity index (χ0) is 12.2. The zero-order valence-corrected chi connectivity index (χ0v) is 10.5. The van der Waals surface area contributed by atoms with Crippen molar-refractivity contribution in [2.24, 2.45) is 0 Å². The summed E-state index contributed by atoms with van der Waals surface area (Å²) in [6.07, 6.45) is 4.25. The van der Waals surface area contributed by atoms with Crippen molar-refractivity contribution in [1.29, 1.82) is 0 Å². The van der Waals surface area contributed by atoms with Crippen LogP contribution in [0.25, 0.3) is 0 Å². The maximum atomic E-state index is 4.04. The number of nitrogens with zero attached hydrogens (tertiary/aromatic N) is 2. The summed E-state index contributed by atoms with van der Waals surface area (Å²) < 4.78 is 0. The van der Waals surface area contributed by atoms with E-state index in [0.29, 0.717) is 5.92 Å². The molecule has 0 bridgehead atoms. The van der Waals surface area contributed by atoms with Crippen molar-refractivity contribution in [3.63, 3.8) is 0 Å². The lowest BCUT2D eigenvalue weighted by Crippen LogP contribution is -2.23. The first-order valence-corrected chi connectivity index (χ1v) is 6.67. The van der Waals surface area contributed by atoms with E-state index >= 15 is 0 Å². The number of likely N-dealkylation sites (tertiary alicyclic amines) is 1. The number of nitrogens with one attached hydrogen (secondary N) is 1. The summed E-state index contributed by atoms with van der Waals surface area (Å²) >= 11 is 0. The Morgan fingerprint density at radius 2 is 2.11 bits per heavy atom. The number of benzene rings is 1. The van der Waals surface area contributed by atoms with Crippen LogP contribution in [0.1, 0.15) is 23.6 Å². The molecule has 2 aromatic rings. The highest BCUT2D eigenvalue weighted by Crippen LogP contribution is 2.25. The van der Waals surface area contributed by atoms with Gasteiger partial charge in [-0.2, -0.15) is 5.10 Å². The summed E-state index contributed by atoms with van der Waals surface area (Å²) in [7, 11) is 0. The minimum Gasteiger partial charge on any atom is -0.302 e. The minimum atomic E-state index is 0.642. The molecule has 94 valence electrons. The Labute approximate surface area is 108 Å². The van der Waals surface area contributed by atoms with Crippen molar-refractivity contribution in [2.45, 2.75) is 18.8 Å². The third kappa shape index (κ3) is 2.62. The zero-order valence-electron chi connectivity index (χ0n) is 10.5. The number of rotatable bonds is 4. The maximum absolute atomic E-state index is 4.04. The van der Waals surface area contributed by atoms with Gasteiger partial charge in [-0.15, -0.1) is 0 Å². The smallest absolute Gasteiger partial charge is 0.0490 e. The van der Waals surface area contributed by atoms with E-state index in [1.54, 1.807) is 0 Å². The Kier molecular flexibility index (Phi) is 3.42. The van der Waals surface area contributed by atoms with E-state index < -0.39 is 0 Å². The molecule has 2 heterocycles. The van der Waals surface area contributed by atoms with E-state index in [9.17, 15) is 0 Å². The number of aromatic amines is 1. The van der Waals surface area contributed by atoms with E-state index in [1.807, 2.05) is 6.20 Å². The van der Waals surface area contributed by atoms with Gasteiger partial charge in [0, 0.05) is 30.9 Å². The molecule has 1 saturated heterocycles. The molecule has 3 nitrogen and oxygen atoms in total. The fourth-order valence-corrected chi connectivity index (χ4v) is 2.72. The van der Waals surface area contributed by atoms with Crippen molar-refractivity contribution in [3.05, 3.63) is 53.9 Å². The monoisotopic (exact) mass is 241 g/mol. The van der Waals surface area contributed by atoms with Gasteiger partial charge in [0.2, 0.25) is 0 Å². The molecule has 1 aromatic carbocycles. The van der Waals surface area contributed by atoms with E-state index in [4.69, 9.17) is 0 Å². The molecule has 1 atom stereocenters. The van der Waals surface area contributed by atoms with E-state index in [1.165, 1.54) is 24.2 Å². The van der Waals surface area contributed by atoms with Gasteiger partial charge in [-0.25, -0.2) is 0 Å². The van der Waals surface area contributed by atoms with Gasteiger partial charge < -0.3 is 4.90 Å². The van der Waals surface area contributed by atoms with Crippen molar-refractivity contribution in [2.75, 3.05) is 19.6 Å². The van der Waals surface area contributed by atoms with Crippen LogP contribution in [0.4, 0.5) is 0 Å². The fraction of sp³-hybridized carbons (Fsp3) is 0.400. The predicted molar refractivity (Wildman–Crippen MR) is 72.5 cm³/mol. The molecule has 0 saturated carbocycles. The number of hydrogen-bond acceptors (Lipinski definition) is 2. The number of H-pyrrole nitrogens is 1. The highest BCUT2D eigenvalue weighted by molar-refractivity contribution is 5.15. The van der Waals surface area contributed by atoms with Crippen molar-refractivity contribution in [1.82, 2.24) is 15.1 Å². The van der Waals surface area contributed by atoms with Crippen LogP contribution in [0, 0.1) is 0 Å². The first-order chi connectivity index (χ1) is 8.92. The van der Waals surface area contributed by atoms with Gasteiger partial charge in [0.1, 0.15) is 0 Å². The molecule has 0 amide bonds. The van der Waals surface area contributed by atoms with Crippen LogP contribution in [-0.2, 0) is 6.42 Å². The molecule has 1 fully saturated rings. The quantitative estimate of drug-likeness (QED) is 0.891. The molecule has 3 rings (SSSR count). The fourth-order valence-electron chi connectivity index (χ4n) is 2.72. The Bertz CT molecular complexity index is 464. The van der Waals surface area contributed by atoms with Crippen LogP contribution in [0.5, 0.6) is 0 Å². The van der Waals surface area contributed by atoms with Crippen LogP contribution in [0.15, 0.2) is 42.6 Å². The summed E-state index contributed by atoms with van der Waals surface area (Å²) in [5.74, 6) is 0.642. The van der Waals surface area contributed by atoms with Gasteiger partial charge in [-0.1, -0.05) is 30.3 Å². The van der Waals surface area contributed by atoms with Gasteiger partial charge in [0.25, 0.3) is 0 Å². The summed E-state index contributed by atoms with van der Waals surface area (Å²) in [5, 5.41) is 7.14. The Morgan fingerprint density at radius 1 is 1.22 bits per heavy atom. The second kappa shape index (κ2) is 5.36. The van der Waals surface area contributed by atoms with Crippen LogP contribution in [0.2, 0.25) is 0 Å². The van der Waals surface area contributed by atoms with Crippen LogP contribution >= 0.6 is 0 Å². The highest BCUT2D eigenvalue weighted by atomic mass is 15.2. The Morgan fingerprint density at radius 3 is 2.89 bits per heavy atom. The lowest BCUT2D eigenvalue weighted by molar-refractivity contribution is 0.338. The van der Waals surface area contributed by atoms with Gasteiger partial charge in [-0.3, -0.25) is 5.10 Å². The third-order valence-electron chi connectivity index (χ3n) is 3.79. The normalized spacial score (nSPS) is 20.3. The number of hydrogen-bond donors (Lipinski definition) is 1. The molecule has 0 spiro atoms. The molecule has 1 aliphatic heterocycles. The average molecular weight is 241 g/mol. The lowest BCUT2D eigenvalue weighted by Gasteiger charge is -2.15. The molecule has 0 unspecified atom stereocenters. The molecule has 18 heavy (non-hydrogen) atoms. The second-order valence-electron chi connectivity index (χ2n) is 5.03. The molecule has 1 aromatic heterocycles. The molecule has 0 aliphatic carbocycles. The van der Waals surface area contributed by atoms with Gasteiger partial charge in [0.05, 0.1) is 0 Å². The summed E-state index contributed by atoms with van der Waals surface area (Å²) in [5.41, 5.74) is 2.72. The molecular formula is C15H19N3. The average Bonchev–Trinajstić information content (AvgIpc) is 3.08. The lowest BCUT2D eigenvalue weighted by atomic mass is 10.1. The molecule has 3 heteroatoms. The standard InChI is InChI=1S/C15H19N3/c1-2-4-13(5-3-1)7-10-18-11-8-14(12-18)15-6-9-16-17-15/h1-6,9,14H,7-8,10-12H2,(H,16,17)/t14-/m1/s1. The summed E-state index contributed by atoms with van der Waals surface area (Å²) in [4.78, 5) is 2.55. The third-order valence-corrected chi connectivity index (χ3v) is 3.79. The maximum Gasteiger partial charge on any atom is 0.0490 e. The van der Waals surface area contributed by atoms with E-state index in [0.717, 1.165) is 19.5 Å². The van der Waals surface area contributed by atoms with E-state index in [2.05, 4.69) is 51.5 Å². The van der Waals surface area contributed by atoms with Crippen molar-refractivity contribution < 1.29 is 0 Å². The van der Waals surface area contributed by atoms with E-state index in [-0.39, 0.29) is 0 Å². The van der Waals surface area contributed by atoms with Crippen LogP contribution < -0.4 is 0 Å².